The van der Waals surface area contributed by atoms with E-state index in [1.807, 2.05) is 12.1 Å². The van der Waals surface area contributed by atoms with Crippen LogP contribution in [0.2, 0.25) is 0 Å². The zero-order chi connectivity index (χ0) is 38.9. The Kier molecular flexibility index (Phi) is 7.54. The summed E-state index contributed by atoms with van der Waals surface area (Å²) < 4.78 is 8.78. The first-order valence-electron chi connectivity index (χ1n) is 20.2. The van der Waals surface area contributed by atoms with Crippen LogP contribution in [0.3, 0.4) is 0 Å². The molecule has 2 aromatic heterocycles. The molecule has 12 aromatic rings. The van der Waals surface area contributed by atoms with E-state index in [1.165, 1.54) is 60.5 Å². The minimum atomic E-state index is 0.913. The minimum absolute atomic E-state index is 0.913. The Hall–Kier alpha value is -7.88. The van der Waals surface area contributed by atoms with Gasteiger partial charge in [-0.15, -0.1) is 0 Å². The van der Waals surface area contributed by atoms with Gasteiger partial charge in [0.15, 0.2) is 0 Å². The molecule has 276 valence electrons. The Morgan fingerprint density at radius 1 is 0.339 bits per heavy atom. The average Bonchev–Trinajstić information content (AvgIpc) is 3.86. The number of para-hydroxylation sites is 3. The molecule has 0 radical (unpaired) electrons. The molecule has 0 aliphatic heterocycles. The Labute approximate surface area is 341 Å². The van der Waals surface area contributed by atoms with Crippen LogP contribution in [0.1, 0.15) is 0 Å². The average molecular weight is 753 g/mol. The predicted molar refractivity (Wildman–Crippen MR) is 249 cm³/mol. The highest BCUT2D eigenvalue weighted by Gasteiger charge is 2.18. The van der Waals surface area contributed by atoms with Gasteiger partial charge in [0.2, 0.25) is 0 Å². The molecule has 0 aliphatic rings. The summed E-state index contributed by atoms with van der Waals surface area (Å²) in [6, 6.07) is 78.7. The molecule has 12 rings (SSSR count). The number of nitrogens with zero attached hydrogens (tertiary/aromatic N) is 2. The molecule has 0 fully saturated rings. The lowest BCUT2D eigenvalue weighted by Gasteiger charge is -2.27. The smallest absolute Gasteiger partial charge is 0.143 e. The molecule has 0 unspecified atom stereocenters. The third kappa shape index (κ3) is 5.44. The van der Waals surface area contributed by atoms with Gasteiger partial charge in [0.25, 0.3) is 0 Å². The van der Waals surface area contributed by atoms with Crippen molar-refractivity contribution < 1.29 is 4.42 Å². The number of hydrogen-bond acceptors (Lipinski definition) is 2. The van der Waals surface area contributed by atoms with Gasteiger partial charge in [0, 0.05) is 49.4 Å². The number of furan rings is 1. The van der Waals surface area contributed by atoms with Crippen LogP contribution in [-0.4, -0.2) is 4.57 Å². The maximum absolute atomic E-state index is 6.41. The van der Waals surface area contributed by atoms with Gasteiger partial charge in [-0.25, -0.2) is 0 Å². The second-order valence-electron chi connectivity index (χ2n) is 15.3. The summed E-state index contributed by atoms with van der Waals surface area (Å²) in [5, 5.41) is 9.45. The van der Waals surface area contributed by atoms with Gasteiger partial charge in [0.05, 0.1) is 16.7 Å². The zero-order valence-electron chi connectivity index (χ0n) is 32.1. The van der Waals surface area contributed by atoms with Crippen LogP contribution in [-0.2, 0) is 0 Å². The standard InChI is InChI=1S/C56H36N2O/c1-2-13-43(14-3-1)58-53-18-8-6-16-48(53)51-36-41(28-34-54(51)58)39-23-21-37(22-24-39)38-25-29-44(30-26-38)57(52-19-10-12-40-11-4-5-15-46(40)52)45-31-33-47-42(35-45)27-32-50-49-17-7-9-20-55(49)59-56(47)50/h1-36H. The molecule has 0 N–H and O–H groups in total. The molecule has 2 heterocycles. The summed E-state index contributed by atoms with van der Waals surface area (Å²) in [7, 11) is 0. The van der Waals surface area contributed by atoms with E-state index in [0.29, 0.717) is 0 Å². The van der Waals surface area contributed by atoms with Crippen LogP contribution >= 0.6 is 0 Å². The molecule has 0 saturated heterocycles. The fourth-order valence-corrected chi connectivity index (χ4v) is 9.13. The van der Waals surface area contributed by atoms with Gasteiger partial charge >= 0.3 is 0 Å². The summed E-state index contributed by atoms with van der Waals surface area (Å²) in [5.41, 5.74) is 13.5. The number of anilines is 3. The molecule has 10 aromatic carbocycles. The van der Waals surface area contributed by atoms with Crippen molar-refractivity contribution in [2.24, 2.45) is 0 Å². The number of aromatic nitrogens is 1. The Morgan fingerprint density at radius 2 is 0.949 bits per heavy atom. The lowest BCUT2D eigenvalue weighted by molar-refractivity contribution is 0.672. The molecule has 0 atom stereocenters. The van der Waals surface area contributed by atoms with Gasteiger partial charge in [-0.2, -0.15) is 0 Å². The second kappa shape index (κ2) is 13.4. The fourth-order valence-electron chi connectivity index (χ4n) is 9.13. The lowest BCUT2D eigenvalue weighted by atomic mass is 9.98. The normalized spacial score (nSPS) is 11.7. The molecule has 3 heteroatoms. The van der Waals surface area contributed by atoms with Crippen molar-refractivity contribution in [2.45, 2.75) is 0 Å². The van der Waals surface area contributed by atoms with Crippen molar-refractivity contribution in [3.05, 3.63) is 218 Å². The molecule has 0 spiro atoms. The van der Waals surface area contributed by atoms with Gasteiger partial charge < -0.3 is 13.9 Å². The van der Waals surface area contributed by atoms with Crippen molar-refractivity contribution in [3.63, 3.8) is 0 Å². The first-order valence-corrected chi connectivity index (χ1v) is 20.2. The number of benzene rings is 10. The first kappa shape index (κ1) is 33.3. The maximum Gasteiger partial charge on any atom is 0.143 e. The molecule has 0 bridgehead atoms. The lowest BCUT2D eigenvalue weighted by Crippen LogP contribution is -2.10. The van der Waals surface area contributed by atoms with E-state index in [2.05, 4.69) is 216 Å². The highest BCUT2D eigenvalue weighted by atomic mass is 16.3. The van der Waals surface area contributed by atoms with Crippen LogP contribution in [0.4, 0.5) is 17.1 Å². The van der Waals surface area contributed by atoms with E-state index < -0.39 is 0 Å². The number of fused-ring (bicyclic) bond motifs is 9. The first-order chi connectivity index (χ1) is 29.2. The largest absolute Gasteiger partial charge is 0.455 e. The molecule has 59 heavy (non-hydrogen) atoms. The fraction of sp³-hybridized carbons (Fsp3) is 0. The van der Waals surface area contributed by atoms with Gasteiger partial charge in [-0.1, -0.05) is 140 Å². The predicted octanol–water partition coefficient (Wildman–Crippen LogP) is 15.8. The van der Waals surface area contributed by atoms with Crippen LogP contribution in [0.15, 0.2) is 223 Å². The van der Waals surface area contributed by atoms with Crippen molar-refractivity contribution in [1.82, 2.24) is 4.57 Å². The van der Waals surface area contributed by atoms with Crippen LogP contribution < -0.4 is 4.90 Å². The molecular weight excluding hydrogens is 717 g/mol. The van der Waals surface area contributed by atoms with Gasteiger partial charge in [-0.3, -0.25) is 0 Å². The second-order valence-corrected chi connectivity index (χ2v) is 15.3. The van der Waals surface area contributed by atoms with Crippen LogP contribution in [0, 0.1) is 0 Å². The SMILES string of the molecule is c1ccc(-n2c3ccccc3c3cc(-c4ccc(-c5ccc(N(c6ccc7c(ccc8c9ccccc9oc78)c6)c6cccc7ccccc67)cc5)cc4)ccc32)cc1. The molecule has 0 aliphatic carbocycles. The highest BCUT2D eigenvalue weighted by Crippen LogP contribution is 2.43. The Bertz CT molecular complexity index is 3540. The van der Waals surface area contributed by atoms with Crippen LogP contribution in [0.5, 0.6) is 0 Å². The van der Waals surface area contributed by atoms with E-state index in [9.17, 15) is 0 Å². The van der Waals surface area contributed by atoms with E-state index in [1.54, 1.807) is 0 Å². The number of rotatable bonds is 6. The van der Waals surface area contributed by atoms with Crippen LogP contribution in [0.25, 0.3) is 93.2 Å². The van der Waals surface area contributed by atoms with Crippen molar-refractivity contribution >= 4 is 82.4 Å². The minimum Gasteiger partial charge on any atom is -0.455 e. The van der Waals surface area contributed by atoms with E-state index in [4.69, 9.17) is 4.42 Å². The topological polar surface area (TPSA) is 21.3 Å². The summed E-state index contributed by atoms with van der Waals surface area (Å²) in [5.74, 6) is 0. The van der Waals surface area contributed by atoms with Crippen molar-refractivity contribution in [2.75, 3.05) is 4.90 Å². The van der Waals surface area contributed by atoms with Crippen molar-refractivity contribution in [1.29, 1.82) is 0 Å². The maximum atomic E-state index is 6.41. The Morgan fingerprint density at radius 3 is 1.78 bits per heavy atom. The van der Waals surface area contributed by atoms with Gasteiger partial charge in [-0.05, 0) is 112 Å². The molecule has 0 amide bonds. The summed E-state index contributed by atoms with van der Waals surface area (Å²) in [4.78, 5) is 2.38. The van der Waals surface area contributed by atoms with E-state index in [0.717, 1.165) is 49.8 Å². The zero-order valence-corrected chi connectivity index (χ0v) is 32.1. The third-order valence-corrected chi connectivity index (χ3v) is 12.0. The van der Waals surface area contributed by atoms with E-state index >= 15 is 0 Å². The quantitative estimate of drug-likeness (QED) is 0.169. The van der Waals surface area contributed by atoms with Crippen molar-refractivity contribution in [3.8, 4) is 27.9 Å². The summed E-state index contributed by atoms with van der Waals surface area (Å²) >= 11 is 0. The van der Waals surface area contributed by atoms with E-state index in [-0.39, 0.29) is 0 Å². The summed E-state index contributed by atoms with van der Waals surface area (Å²) in [6.07, 6.45) is 0. The van der Waals surface area contributed by atoms with Gasteiger partial charge in [0.1, 0.15) is 11.2 Å². The summed E-state index contributed by atoms with van der Waals surface area (Å²) in [6.45, 7) is 0. The monoisotopic (exact) mass is 752 g/mol. The Balaban J connectivity index is 0.909. The molecule has 0 saturated carbocycles. The third-order valence-electron chi connectivity index (χ3n) is 12.0. The molecular formula is C56H36N2O. The number of hydrogen-bond donors (Lipinski definition) is 0. The molecule has 3 nitrogen and oxygen atoms in total. The highest BCUT2D eigenvalue weighted by molar-refractivity contribution is 6.16.